The molecule has 3 heterocycles. The number of rotatable bonds is 3. The summed E-state index contributed by atoms with van der Waals surface area (Å²) in [6.45, 7) is 1.98. The number of carbonyl (C=O) groups is 2. The van der Waals surface area contributed by atoms with Gasteiger partial charge in [-0.1, -0.05) is 12.1 Å². The average Bonchev–Trinajstić information content (AvgIpc) is 2.66. The first kappa shape index (κ1) is 20.9. The third-order valence-corrected chi connectivity index (χ3v) is 6.03. The number of alkyl halides is 3. The Balaban J connectivity index is 1.26. The molecule has 10 heteroatoms. The third kappa shape index (κ3) is 4.23. The topological polar surface area (TPSA) is 61.9 Å². The van der Waals surface area contributed by atoms with Gasteiger partial charge in [0.15, 0.2) is 0 Å². The highest BCUT2D eigenvalue weighted by Crippen LogP contribution is 2.33. The van der Waals surface area contributed by atoms with E-state index in [1.807, 2.05) is 0 Å². The molecule has 0 aliphatic carbocycles. The SMILES string of the molecule is O=C1CO[C@H]2CCN(C(=O)N3CC(CCc4cccc(C(F)(F)F)c4F)C3)C[C@H]2N1. The van der Waals surface area contributed by atoms with E-state index in [1.54, 1.807) is 9.80 Å². The molecule has 3 saturated heterocycles. The molecular formula is C20H23F4N3O3. The number of piperidine rings is 1. The van der Waals surface area contributed by atoms with Gasteiger partial charge in [0.1, 0.15) is 12.4 Å². The maximum absolute atomic E-state index is 14.1. The van der Waals surface area contributed by atoms with Crippen LogP contribution >= 0.6 is 0 Å². The summed E-state index contributed by atoms with van der Waals surface area (Å²) >= 11 is 0. The van der Waals surface area contributed by atoms with Gasteiger partial charge in [-0.05, 0) is 36.8 Å². The quantitative estimate of drug-likeness (QED) is 0.751. The standard InChI is InChI=1S/C20H23F4N3O3/c21-18-13(2-1-3-14(18)20(22,23)24)5-4-12-8-27(9-12)19(29)26-7-6-16-15(10-26)25-17(28)11-30-16/h1-3,12,15-16H,4-11H2,(H,25,28)/t15-,16+/m1/s1. The maximum Gasteiger partial charge on any atom is 0.419 e. The van der Waals surface area contributed by atoms with Crippen molar-refractivity contribution in [2.75, 3.05) is 32.8 Å². The monoisotopic (exact) mass is 429 g/mol. The summed E-state index contributed by atoms with van der Waals surface area (Å²) in [5.41, 5.74) is -1.20. The third-order valence-electron chi connectivity index (χ3n) is 6.03. The Morgan fingerprint density at radius 2 is 1.97 bits per heavy atom. The van der Waals surface area contributed by atoms with Crippen molar-refractivity contribution in [2.24, 2.45) is 5.92 Å². The molecule has 4 rings (SSSR count). The van der Waals surface area contributed by atoms with Crippen molar-refractivity contribution in [3.05, 3.63) is 35.1 Å². The fraction of sp³-hybridized carbons (Fsp3) is 0.600. The van der Waals surface area contributed by atoms with Crippen molar-refractivity contribution in [1.29, 1.82) is 0 Å². The number of likely N-dealkylation sites (tertiary alicyclic amines) is 2. The van der Waals surface area contributed by atoms with Gasteiger partial charge in [0, 0.05) is 26.2 Å². The minimum atomic E-state index is -4.71. The molecule has 0 spiro atoms. The number of ether oxygens (including phenoxy) is 1. The molecule has 1 N–H and O–H groups in total. The van der Waals surface area contributed by atoms with Crippen LogP contribution in [0.3, 0.4) is 0 Å². The largest absolute Gasteiger partial charge is 0.419 e. The number of halogens is 4. The molecule has 0 radical (unpaired) electrons. The van der Waals surface area contributed by atoms with Crippen LogP contribution in [0.25, 0.3) is 0 Å². The number of nitrogens with one attached hydrogen (secondary N) is 1. The predicted octanol–water partition coefficient (Wildman–Crippen LogP) is 2.42. The predicted molar refractivity (Wildman–Crippen MR) is 98.0 cm³/mol. The van der Waals surface area contributed by atoms with Crippen LogP contribution in [0.2, 0.25) is 0 Å². The summed E-state index contributed by atoms with van der Waals surface area (Å²) < 4.78 is 58.1. The molecule has 3 fully saturated rings. The molecule has 30 heavy (non-hydrogen) atoms. The van der Waals surface area contributed by atoms with E-state index in [2.05, 4.69) is 5.32 Å². The number of urea groups is 1. The van der Waals surface area contributed by atoms with Crippen molar-refractivity contribution < 1.29 is 31.9 Å². The van der Waals surface area contributed by atoms with E-state index in [0.29, 0.717) is 39.0 Å². The summed E-state index contributed by atoms with van der Waals surface area (Å²) in [4.78, 5) is 27.5. The Morgan fingerprint density at radius 3 is 2.70 bits per heavy atom. The highest BCUT2D eigenvalue weighted by atomic mass is 19.4. The van der Waals surface area contributed by atoms with E-state index < -0.39 is 17.6 Å². The van der Waals surface area contributed by atoms with Gasteiger partial charge >= 0.3 is 12.2 Å². The van der Waals surface area contributed by atoms with Gasteiger partial charge in [-0.15, -0.1) is 0 Å². The van der Waals surface area contributed by atoms with Crippen molar-refractivity contribution in [1.82, 2.24) is 15.1 Å². The first-order chi connectivity index (χ1) is 14.2. The average molecular weight is 429 g/mol. The molecular weight excluding hydrogens is 406 g/mol. The molecule has 3 amide bonds. The van der Waals surface area contributed by atoms with Crippen LogP contribution in [0.4, 0.5) is 22.4 Å². The van der Waals surface area contributed by atoms with Crippen LogP contribution in [0, 0.1) is 11.7 Å². The zero-order valence-electron chi connectivity index (χ0n) is 16.3. The lowest BCUT2D eigenvalue weighted by molar-refractivity contribution is -0.140. The summed E-state index contributed by atoms with van der Waals surface area (Å²) in [6.07, 6.45) is -3.42. The number of amides is 3. The van der Waals surface area contributed by atoms with Gasteiger partial charge in [-0.25, -0.2) is 9.18 Å². The highest BCUT2D eigenvalue weighted by molar-refractivity contribution is 5.79. The van der Waals surface area contributed by atoms with Gasteiger partial charge in [0.05, 0.1) is 17.7 Å². The molecule has 0 bridgehead atoms. The zero-order valence-corrected chi connectivity index (χ0v) is 16.3. The lowest BCUT2D eigenvalue weighted by Crippen LogP contribution is -2.64. The number of carbonyl (C=O) groups excluding carboxylic acids is 2. The highest BCUT2D eigenvalue weighted by Gasteiger charge is 2.40. The van der Waals surface area contributed by atoms with Crippen molar-refractivity contribution in [3.8, 4) is 0 Å². The molecule has 0 saturated carbocycles. The lowest BCUT2D eigenvalue weighted by Gasteiger charge is -2.46. The number of hydrogen-bond donors (Lipinski definition) is 1. The van der Waals surface area contributed by atoms with Crippen LogP contribution in [0.5, 0.6) is 0 Å². The second-order valence-electron chi connectivity index (χ2n) is 8.13. The van der Waals surface area contributed by atoms with Crippen LogP contribution < -0.4 is 5.32 Å². The Hall–Kier alpha value is -2.36. The van der Waals surface area contributed by atoms with Gasteiger partial charge in [0.2, 0.25) is 5.91 Å². The van der Waals surface area contributed by atoms with E-state index in [1.165, 1.54) is 12.1 Å². The van der Waals surface area contributed by atoms with E-state index in [0.717, 1.165) is 6.07 Å². The Kier molecular flexibility index (Phi) is 5.61. The molecule has 1 aromatic rings. The van der Waals surface area contributed by atoms with Crippen LogP contribution in [-0.4, -0.2) is 66.7 Å². The summed E-state index contributed by atoms with van der Waals surface area (Å²) in [5.74, 6) is -1.27. The number of fused-ring (bicyclic) bond motifs is 1. The van der Waals surface area contributed by atoms with Crippen LogP contribution in [-0.2, 0) is 22.1 Å². The second-order valence-corrected chi connectivity index (χ2v) is 8.13. The van der Waals surface area contributed by atoms with Crippen LogP contribution in [0.15, 0.2) is 18.2 Å². The normalized spacial score (nSPS) is 24.9. The van der Waals surface area contributed by atoms with E-state index in [9.17, 15) is 27.2 Å². The maximum atomic E-state index is 14.1. The first-order valence-electron chi connectivity index (χ1n) is 10.0. The summed E-state index contributed by atoms with van der Waals surface area (Å²) in [6, 6.07) is 3.01. The Labute approximate surface area is 171 Å². The Morgan fingerprint density at radius 1 is 1.20 bits per heavy atom. The summed E-state index contributed by atoms with van der Waals surface area (Å²) in [5, 5.41) is 2.85. The smallest absolute Gasteiger partial charge is 0.366 e. The Bertz CT molecular complexity index is 826. The van der Waals surface area contributed by atoms with Crippen molar-refractivity contribution in [3.63, 3.8) is 0 Å². The molecule has 164 valence electrons. The number of benzene rings is 1. The number of morpholine rings is 1. The van der Waals surface area contributed by atoms with Gasteiger partial charge in [-0.3, -0.25) is 4.79 Å². The number of hydrogen-bond acceptors (Lipinski definition) is 3. The molecule has 1 aromatic carbocycles. The van der Waals surface area contributed by atoms with Crippen molar-refractivity contribution in [2.45, 2.75) is 37.6 Å². The van der Waals surface area contributed by atoms with Gasteiger partial charge in [0.25, 0.3) is 0 Å². The summed E-state index contributed by atoms with van der Waals surface area (Å²) in [7, 11) is 0. The van der Waals surface area contributed by atoms with E-state index in [-0.39, 0.29) is 48.6 Å². The number of nitrogens with zero attached hydrogens (tertiary/aromatic N) is 2. The van der Waals surface area contributed by atoms with E-state index >= 15 is 0 Å². The molecule has 0 aromatic heterocycles. The molecule has 6 nitrogen and oxygen atoms in total. The minimum Gasteiger partial charge on any atom is -0.366 e. The van der Waals surface area contributed by atoms with E-state index in [4.69, 9.17) is 4.74 Å². The van der Waals surface area contributed by atoms with Gasteiger partial charge < -0.3 is 19.9 Å². The molecule has 3 aliphatic rings. The van der Waals surface area contributed by atoms with Crippen molar-refractivity contribution >= 4 is 11.9 Å². The van der Waals surface area contributed by atoms with Crippen LogP contribution in [0.1, 0.15) is 24.0 Å². The molecule has 0 unspecified atom stereocenters. The molecule has 2 atom stereocenters. The zero-order chi connectivity index (χ0) is 21.5. The first-order valence-corrected chi connectivity index (χ1v) is 10.0. The fourth-order valence-electron chi connectivity index (χ4n) is 4.33. The lowest BCUT2D eigenvalue weighted by atomic mass is 9.92. The molecule has 3 aliphatic heterocycles. The number of aryl methyl sites for hydroxylation is 1. The fourth-order valence-corrected chi connectivity index (χ4v) is 4.33. The van der Waals surface area contributed by atoms with Gasteiger partial charge in [-0.2, -0.15) is 13.2 Å². The minimum absolute atomic E-state index is 0.0460. The second kappa shape index (κ2) is 8.05.